The molecular formula is C30H28F3N3O7. The number of aliphatic carboxylic acids is 1. The Morgan fingerprint density at radius 2 is 1.51 bits per heavy atom. The Labute approximate surface area is 244 Å². The van der Waals surface area contributed by atoms with E-state index in [1.165, 1.54) is 12.4 Å². The maximum absolute atomic E-state index is 13.9. The van der Waals surface area contributed by atoms with Gasteiger partial charge >= 0.3 is 12.1 Å². The van der Waals surface area contributed by atoms with Crippen LogP contribution in [0.3, 0.4) is 0 Å². The van der Waals surface area contributed by atoms with Gasteiger partial charge in [-0.2, -0.15) is 13.2 Å². The van der Waals surface area contributed by atoms with Crippen molar-refractivity contribution in [2.24, 2.45) is 0 Å². The van der Waals surface area contributed by atoms with E-state index in [9.17, 15) is 22.8 Å². The second-order valence-corrected chi connectivity index (χ2v) is 9.16. The van der Waals surface area contributed by atoms with Crippen LogP contribution in [0, 0.1) is 0 Å². The first-order valence-corrected chi connectivity index (χ1v) is 12.7. The van der Waals surface area contributed by atoms with E-state index in [1.807, 2.05) is 13.8 Å². The number of aromatic nitrogens is 2. The molecule has 2 aromatic carbocycles. The molecule has 2 N–H and O–H groups in total. The first-order chi connectivity index (χ1) is 20.3. The summed E-state index contributed by atoms with van der Waals surface area (Å²) in [6.45, 7) is 3.82. The van der Waals surface area contributed by atoms with Gasteiger partial charge in [-0.05, 0) is 55.6 Å². The predicted molar refractivity (Wildman–Crippen MR) is 150 cm³/mol. The number of carboxylic acids is 1. The number of carbonyl (C=O) groups is 3. The molecule has 1 unspecified atom stereocenters. The summed E-state index contributed by atoms with van der Waals surface area (Å²) in [5.41, 5.74) is 1.30. The molecule has 10 nitrogen and oxygen atoms in total. The summed E-state index contributed by atoms with van der Waals surface area (Å²) in [7, 11) is 3.09. The van der Waals surface area contributed by atoms with Crippen molar-refractivity contribution in [1.82, 2.24) is 15.3 Å². The Balaban J connectivity index is 0.000000646. The lowest BCUT2D eigenvalue weighted by Crippen LogP contribution is -2.34. The largest absolute Gasteiger partial charge is 0.493 e. The third kappa shape index (κ3) is 8.41. The number of ketones is 1. The zero-order valence-corrected chi connectivity index (χ0v) is 23.5. The molecule has 2 aromatic heterocycles. The summed E-state index contributed by atoms with van der Waals surface area (Å²) in [6.07, 6.45) is 1.16. The number of halogens is 3. The Kier molecular flexibility index (Phi) is 10.6. The second kappa shape index (κ2) is 14.1. The number of pyridine rings is 2. The van der Waals surface area contributed by atoms with Gasteiger partial charge in [-0.25, -0.2) is 4.79 Å². The fourth-order valence-electron chi connectivity index (χ4n) is 3.91. The number of benzene rings is 2. The minimum Gasteiger partial charge on any atom is -0.493 e. The molecule has 1 amide bonds. The van der Waals surface area contributed by atoms with Crippen molar-refractivity contribution in [2.45, 2.75) is 32.2 Å². The molecule has 1 atom stereocenters. The summed E-state index contributed by atoms with van der Waals surface area (Å²) in [4.78, 5) is 44.3. The number of amides is 1. The van der Waals surface area contributed by atoms with Crippen molar-refractivity contribution < 1.29 is 46.9 Å². The molecule has 0 fully saturated rings. The van der Waals surface area contributed by atoms with Gasteiger partial charge < -0.3 is 24.6 Å². The molecule has 0 aliphatic carbocycles. The second-order valence-electron chi connectivity index (χ2n) is 9.16. The number of fused-ring (bicyclic) bond motifs is 1. The van der Waals surface area contributed by atoms with Crippen LogP contribution < -0.4 is 19.5 Å². The lowest BCUT2D eigenvalue weighted by Gasteiger charge is -2.21. The molecule has 0 spiro atoms. The molecule has 0 saturated carbocycles. The van der Waals surface area contributed by atoms with E-state index in [0.717, 1.165) is 5.39 Å². The van der Waals surface area contributed by atoms with Crippen LogP contribution in [0.5, 0.6) is 17.2 Å². The van der Waals surface area contributed by atoms with E-state index in [1.54, 1.807) is 75.1 Å². The van der Waals surface area contributed by atoms with E-state index in [2.05, 4.69) is 15.3 Å². The molecule has 0 aliphatic rings. The van der Waals surface area contributed by atoms with Gasteiger partial charge in [-0.15, -0.1) is 0 Å². The van der Waals surface area contributed by atoms with Gasteiger partial charge in [0.2, 0.25) is 0 Å². The summed E-state index contributed by atoms with van der Waals surface area (Å²) < 4.78 is 48.4. The Morgan fingerprint density at radius 1 is 0.884 bits per heavy atom. The highest BCUT2D eigenvalue weighted by Gasteiger charge is 2.38. The Bertz CT molecular complexity index is 1600. The summed E-state index contributed by atoms with van der Waals surface area (Å²) in [5.74, 6) is -1.88. The van der Waals surface area contributed by atoms with Crippen molar-refractivity contribution in [3.8, 4) is 17.2 Å². The highest BCUT2D eigenvalue weighted by molar-refractivity contribution is 6.07. The van der Waals surface area contributed by atoms with Crippen LogP contribution in [0.1, 0.15) is 46.2 Å². The van der Waals surface area contributed by atoms with Crippen LogP contribution in [0.25, 0.3) is 10.8 Å². The topological polar surface area (TPSA) is 137 Å². The minimum atomic E-state index is -5.08. The van der Waals surface area contributed by atoms with Crippen LogP contribution in [0.15, 0.2) is 73.3 Å². The van der Waals surface area contributed by atoms with Crippen LogP contribution in [-0.2, 0) is 4.79 Å². The molecule has 0 bridgehead atoms. The fourth-order valence-corrected chi connectivity index (χ4v) is 3.91. The number of Topliss-reactive ketones (excluding diaryl/α,β-unsaturated/α-hetero) is 1. The number of rotatable bonds is 9. The lowest BCUT2D eigenvalue weighted by molar-refractivity contribution is -0.192. The van der Waals surface area contributed by atoms with Gasteiger partial charge in [0.05, 0.1) is 20.3 Å². The molecule has 0 aliphatic heterocycles. The van der Waals surface area contributed by atoms with Crippen LogP contribution in [0.4, 0.5) is 13.2 Å². The molecule has 13 heteroatoms. The maximum atomic E-state index is 13.9. The SMILES string of the molecule is COc1cc2cncc(C(NC(=O)c3ccncc3)C(=O)c3cccc(OC(C)C)c3)c2cc1OC.O=C(O)C(F)(F)F. The maximum Gasteiger partial charge on any atom is 0.490 e. The number of carbonyl (C=O) groups excluding carboxylic acids is 2. The molecular weight excluding hydrogens is 571 g/mol. The van der Waals surface area contributed by atoms with Crippen molar-refractivity contribution in [1.29, 1.82) is 0 Å². The lowest BCUT2D eigenvalue weighted by atomic mass is 9.94. The Morgan fingerprint density at radius 3 is 2.09 bits per heavy atom. The molecule has 226 valence electrons. The van der Waals surface area contributed by atoms with E-state index < -0.39 is 24.1 Å². The van der Waals surface area contributed by atoms with Crippen molar-refractivity contribution in [3.63, 3.8) is 0 Å². The van der Waals surface area contributed by atoms with Crippen LogP contribution >= 0.6 is 0 Å². The summed E-state index contributed by atoms with van der Waals surface area (Å²) in [5, 5.41) is 11.5. The smallest absolute Gasteiger partial charge is 0.490 e. The summed E-state index contributed by atoms with van der Waals surface area (Å²) >= 11 is 0. The van der Waals surface area contributed by atoms with E-state index >= 15 is 0 Å². The van der Waals surface area contributed by atoms with E-state index in [-0.39, 0.29) is 11.9 Å². The number of carboxylic acid groups (broad SMARTS) is 1. The van der Waals surface area contributed by atoms with Crippen molar-refractivity contribution in [2.75, 3.05) is 14.2 Å². The first kappa shape index (κ1) is 32.3. The van der Waals surface area contributed by atoms with Gasteiger partial charge in [-0.3, -0.25) is 19.6 Å². The number of hydrogen-bond acceptors (Lipinski definition) is 8. The number of hydrogen-bond donors (Lipinski definition) is 2. The van der Waals surface area contributed by atoms with Crippen molar-refractivity contribution in [3.05, 3.63) is 90.0 Å². The number of nitrogens with zero attached hydrogens (tertiary/aromatic N) is 2. The molecule has 4 rings (SSSR count). The quantitative estimate of drug-likeness (QED) is 0.242. The zero-order chi connectivity index (χ0) is 31.7. The van der Waals surface area contributed by atoms with E-state index in [4.69, 9.17) is 24.1 Å². The number of methoxy groups -OCH3 is 2. The van der Waals surface area contributed by atoms with Gasteiger partial charge in [0.15, 0.2) is 17.3 Å². The van der Waals surface area contributed by atoms with Gasteiger partial charge in [-0.1, -0.05) is 12.1 Å². The van der Waals surface area contributed by atoms with Crippen molar-refractivity contribution >= 4 is 28.4 Å². The van der Waals surface area contributed by atoms with E-state index in [0.29, 0.717) is 39.3 Å². The molecule has 0 saturated heterocycles. The Hall–Kier alpha value is -5.20. The van der Waals surface area contributed by atoms with Gasteiger partial charge in [0.1, 0.15) is 11.8 Å². The molecule has 0 radical (unpaired) electrons. The number of ether oxygens (including phenoxy) is 3. The predicted octanol–water partition coefficient (Wildman–Crippen LogP) is 5.42. The number of nitrogens with one attached hydrogen (secondary N) is 1. The molecule has 4 aromatic rings. The minimum absolute atomic E-state index is 0.0535. The van der Waals surface area contributed by atoms with Crippen LogP contribution in [-0.4, -0.2) is 59.2 Å². The molecule has 43 heavy (non-hydrogen) atoms. The first-order valence-electron chi connectivity index (χ1n) is 12.7. The third-order valence-electron chi connectivity index (χ3n) is 5.82. The summed E-state index contributed by atoms with van der Waals surface area (Å²) in [6, 6.07) is 12.6. The van der Waals surface area contributed by atoms with Gasteiger partial charge in [0, 0.05) is 46.9 Å². The number of alkyl halides is 3. The molecule has 2 heterocycles. The zero-order valence-electron chi connectivity index (χ0n) is 23.5. The fraction of sp³-hybridized carbons (Fsp3) is 0.233. The van der Waals surface area contributed by atoms with Gasteiger partial charge in [0.25, 0.3) is 5.91 Å². The van der Waals surface area contributed by atoms with Crippen LogP contribution in [0.2, 0.25) is 0 Å². The standard InChI is InChI=1S/C28H27N3O5.C2HF3O2/c1-17(2)36-21-7-5-6-19(12-21)27(32)26(31-28(33)18-8-10-29-11-9-18)23-16-30-15-20-13-24(34-3)25(35-4)14-22(20)23;3-2(4,5)1(6)7/h5-17,26H,1-4H3,(H,31,33);(H,6,7). The highest BCUT2D eigenvalue weighted by Crippen LogP contribution is 2.36. The average molecular weight is 600 g/mol. The third-order valence-corrected chi connectivity index (χ3v) is 5.82. The highest BCUT2D eigenvalue weighted by atomic mass is 19.4. The average Bonchev–Trinajstić information content (AvgIpc) is 2.98. The normalized spacial score (nSPS) is 11.6. The monoisotopic (exact) mass is 599 g/mol.